The van der Waals surface area contributed by atoms with Crippen LogP contribution in [0.15, 0.2) is 36.7 Å². The van der Waals surface area contributed by atoms with Gasteiger partial charge in [0, 0.05) is 13.1 Å². The Kier molecular flexibility index (Phi) is 3.76. The van der Waals surface area contributed by atoms with Crippen molar-refractivity contribution in [1.82, 2.24) is 19.5 Å². The van der Waals surface area contributed by atoms with Crippen LogP contribution in [0.4, 0.5) is 0 Å². The Labute approximate surface area is 137 Å². The van der Waals surface area contributed by atoms with E-state index in [0.717, 1.165) is 36.4 Å². The molecule has 1 aliphatic heterocycles. The summed E-state index contributed by atoms with van der Waals surface area (Å²) >= 11 is 1.46. The molecule has 0 spiro atoms. The first-order chi connectivity index (χ1) is 11.2. The number of benzene rings is 1. The van der Waals surface area contributed by atoms with E-state index in [9.17, 15) is 10.2 Å². The maximum Gasteiger partial charge on any atom is 0.230 e. The van der Waals surface area contributed by atoms with Gasteiger partial charge in [-0.05, 0) is 18.4 Å². The van der Waals surface area contributed by atoms with Crippen molar-refractivity contribution in [1.29, 1.82) is 0 Å². The molecule has 1 aliphatic rings. The number of hydrogen-bond donors (Lipinski definition) is 2. The standard InChI is InChI=1S/C16H18N4O2S/c21-12-6-8-19(9-7-12)13(11-4-2-1-3-5-11)14-15(22)20-16(23-14)17-10-18-20/h1-5,10,12-13,21-22H,6-9H2. The summed E-state index contributed by atoms with van der Waals surface area (Å²) in [6.45, 7) is 1.60. The molecule has 3 heterocycles. The van der Waals surface area contributed by atoms with Crippen LogP contribution in [-0.2, 0) is 0 Å². The molecule has 7 heteroatoms. The molecular weight excluding hydrogens is 312 g/mol. The van der Waals surface area contributed by atoms with Gasteiger partial charge in [-0.25, -0.2) is 4.98 Å². The molecule has 0 saturated carbocycles. The average molecular weight is 330 g/mol. The molecule has 3 aromatic rings. The highest BCUT2D eigenvalue weighted by Gasteiger charge is 2.31. The molecule has 1 unspecified atom stereocenters. The first kappa shape index (κ1) is 14.6. The second-order valence-corrected chi connectivity index (χ2v) is 6.83. The third kappa shape index (κ3) is 2.60. The SMILES string of the molecule is Oc1c(C(c2ccccc2)N2CCC(O)CC2)sc2ncnn12. The van der Waals surface area contributed by atoms with E-state index >= 15 is 0 Å². The number of nitrogens with zero attached hydrogens (tertiary/aromatic N) is 4. The highest BCUT2D eigenvalue weighted by atomic mass is 32.1. The van der Waals surface area contributed by atoms with Crippen LogP contribution in [0.25, 0.3) is 4.96 Å². The van der Waals surface area contributed by atoms with E-state index in [1.54, 1.807) is 0 Å². The largest absolute Gasteiger partial charge is 0.492 e. The Bertz CT molecular complexity index is 793. The summed E-state index contributed by atoms with van der Waals surface area (Å²) in [5.74, 6) is 0.155. The number of hydrogen-bond acceptors (Lipinski definition) is 6. The van der Waals surface area contributed by atoms with Gasteiger partial charge in [0.25, 0.3) is 0 Å². The van der Waals surface area contributed by atoms with Crippen LogP contribution in [0.3, 0.4) is 0 Å². The average Bonchev–Trinajstić information content (AvgIpc) is 3.15. The Hall–Kier alpha value is -1.96. The number of likely N-dealkylation sites (tertiary alicyclic amines) is 1. The Morgan fingerprint density at radius 2 is 1.91 bits per heavy atom. The second kappa shape index (κ2) is 5.92. The van der Waals surface area contributed by atoms with Gasteiger partial charge >= 0.3 is 0 Å². The van der Waals surface area contributed by atoms with E-state index in [1.807, 2.05) is 18.2 Å². The van der Waals surface area contributed by atoms with Gasteiger partial charge in [-0.3, -0.25) is 4.90 Å². The number of thiazole rings is 1. The molecule has 2 aromatic heterocycles. The summed E-state index contributed by atoms with van der Waals surface area (Å²) in [4.78, 5) is 8.04. The highest BCUT2D eigenvalue weighted by Crippen LogP contribution is 2.40. The number of aromatic nitrogens is 3. The highest BCUT2D eigenvalue weighted by molar-refractivity contribution is 7.17. The summed E-state index contributed by atoms with van der Waals surface area (Å²) in [7, 11) is 0. The first-order valence-corrected chi connectivity index (χ1v) is 8.54. The van der Waals surface area contributed by atoms with E-state index in [-0.39, 0.29) is 18.0 Å². The third-order valence-corrected chi connectivity index (χ3v) is 5.45. The maximum absolute atomic E-state index is 10.6. The normalized spacial score (nSPS) is 18.5. The zero-order chi connectivity index (χ0) is 15.8. The number of rotatable bonds is 3. The molecule has 120 valence electrons. The Balaban J connectivity index is 1.78. The summed E-state index contributed by atoms with van der Waals surface area (Å²) in [6.07, 6.45) is 2.73. The van der Waals surface area contributed by atoms with Crippen LogP contribution in [0.1, 0.15) is 29.3 Å². The van der Waals surface area contributed by atoms with Gasteiger partial charge in [0.15, 0.2) is 0 Å². The van der Waals surface area contributed by atoms with Crippen molar-refractivity contribution in [3.63, 3.8) is 0 Å². The smallest absolute Gasteiger partial charge is 0.230 e. The molecule has 0 amide bonds. The number of aromatic hydroxyl groups is 1. The minimum atomic E-state index is -0.224. The van der Waals surface area contributed by atoms with E-state index in [0.29, 0.717) is 4.96 Å². The molecule has 0 aliphatic carbocycles. The van der Waals surface area contributed by atoms with Crippen molar-refractivity contribution >= 4 is 16.3 Å². The van der Waals surface area contributed by atoms with Crippen molar-refractivity contribution in [2.24, 2.45) is 0 Å². The molecule has 0 bridgehead atoms. The van der Waals surface area contributed by atoms with E-state index in [2.05, 4.69) is 27.1 Å². The topological polar surface area (TPSA) is 73.9 Å². The van der Waals surface area contributed by atoms with Gasteiger partial charge in [-0.15, -0.1) is 0 Å². The van der Waals surface area contributed by atoms with Gasteiger partial charge in [0.1, 0.15) is 6.33 Å². The summed E-state index contributed by atoms with van der Waals surface area (Å²) in [5.41, 5.74) is 1.13. The molecule has 6 nitrogen and oxygen atoms in total. The third-order valence-electron chi connectivity index (χ3n) is 4.37. The van der Waals surface area contributed by atoms with E-state index in [4.69, 9.17) is 0 Å². The summed E-state index contributed by atoms with van der Waals surface area (Å²) < 4.78 is 1.48. The van der Waals surface area contributed by atoms with E-state index in [1.165, 1.54) is 22.2 Å². The summed E-state index contributed by atoms with van der Waals surface area (Å²) in [6, 6.07) is 10.1. The quantitative estimate of drug-likeness (QED) is 0.769. The van der Waals surface area contributed by atoms with Gasteiger partial charge < -0.3 is 10.2 Å². The van der Waals surface area contributed by atoms with Gasteiger partial charge in [0.2, 0.25) is 10.8 Å². The molecule has 1 atom stereocenters. The molecular formula is C16H18N4O2S. The predicted molar refractivity (Wildman–Crippen MR) is 87.6 cm³/mol. The van der Waals surface area contributed by atoms with Crippen molar-refractivity contribution in [3.8, 4) is 5.88 Å². The molecule has 4 rings (SSSR count). The van der Waals surface area contributed by atoms with Crippen LogP contribution >= 0.6 is 11.3 Å². The fourth-order valence-corrected chi connectivity index (χ4v) is 4.27. The minimum absolute atomic E-state index is 0.0443. The lowest BCUT2D eigenvalue weighted by atomic mass is 9.99. The maximum atomic E-state index is 10.6. The molecule has 0 radical (unpaired) electrons. The molecule has 23 heavy (non-hydrogen) atoms. The Morgan fingerprint density at radius 3 is 2.61 bits per heavy atom. The first-order valence-electron chi connectivity index (χ1n) is 7.72. The number of fused-ring (bicyclic) bond motifs is 1. The second-order valence-electron chi connectivity index (χ2n) is 5.82. The van der Waals surface area contributed by atoms with Crippen molar-refractivity contribution in [2.45, 2.75) is 25.0 Å². The van der Waals surface area contributed by atoms with Crippen molar-refractivity contribution in [3.05, 3.63) is 47.1 Å². The van der Waals surface area contributed by atoms with Crippen LogP contribution in [0.5, 0.6) is 5.88 Å². The fourth-order valence-electron chi connectivity index (χ4n) is 3.18. The van der Waals surface area contributed by atoms with Crippen LogP contribution < -0.4 is 0 Å². The zero-order valence-corrected chi connectivity index (χ0v) is 13.4. The molecule has 2 N–H and O–H groups in total. The summed E-state index contributed by atoms with van der Waals surface area (Å²) in [5, 5.41) is 24.5. The van der Waals surface area contributed by atoms with Crippen LogP contribution in [0, 0.1) is 0 Å². The fraction of sp³-hybridized carbons (Fsp3) is 0.375. The lowest BCUT2D eigenvalue weighted by Crippen LogP contribution is -2.38. The van der Waals surface area contributed by atoms with Gasteiger partial charge in [-0.1, -0.05) is 41.7 Å². The van der Waals surface area contributed by atoms with E-state index < -0.39 is 0 Å². The van der Waals surface area contributed by atoms with Crippen LogP contribution in [-0.4, -0.2) is 48.9 Å². The minimum Gasteiger partial charge on any atom is -0.492 e. The zero-order valence-electron chi connectivity index (χ0n) is 12.5. The van der Waals surface area contributed by atoms with Gasteiger partial charge in [-0.2, -0.15) is 9.61 Å². The number of piperidine rings is 1. The number of aliphatic hydroxyl groups is 1. The lowest BCUT2D eigenvalue weighted by Gasteiger charge is -2.35. The number of aliphatic hydroxyl groups excluding tert-OH is 1. The molecule has 1 aromatic carbocycles. The van der Waals surface area contributed by atoms with Crippen molar-refractivity contribution < 1.29 is 10.2 Å². The molecule has 1 fully saturated rings. The van der Waals surface area contributed by atoms with Crippen molar-refractivity contribution in [2.75, 3.05) is 13.1 Å². The Morgan fingerprint density at radius 1 is 1.17 bits per heavy atom. The molecule has 1 saturated heterocycles. The van der Waals surface area contributed by atoms with Gasteiger partial charge in [0.05, 0.1) is 17.0 Å². The lowest BCUT2D eigenvalue weighted by molar-refractivity contribution is 0.0689. The predicted octanol–water partition coefficient (Wildman–Crippen LogP) is 2.04. The van der Waals surface area contributed by atoms with Crippen LogP contribution in [0.2, 0.25) is 0 Å². The monoisotopic (exact) mass is 330 g/mol.